The molecule has 0 amide bonds. The van der Waals surface area contributed by atoms with Crippen LogP contribution in [0.2, 0.25) is 0 Å². The summed E-state index contributed by atoms with van der Waals surface area (Å²) in [4.78, 5) is 0.674. The first-order valence-corrected chi connectivity index (χ1v) is 2.40. The zero-order valence-corrected chi connectivity index (χ0v) is 4.57. The highest BCUT2D eigenvalue weighted by molar-refractivity contribution is 7.80. The quantitative estimate of drug-likeness (QED) is 0.487. The molecule has 0 unspecified atom stereocenters. The molecule has 0 N–H and O–H groups in total. The lowest BCUT2D eigenvalue weighted by molar-refractivity contribution is 1.48. The van der Waals surface area contributed by atoms with Crippen molar-refractivity contribution in [1.82, 2.24) is 0 Å². The first-order valence-electron chi connectivity index (χ1n) is 2.96. The average Bonchev–Trinajstić information content (AvgIpc) is 1.59. The molecule has 0 spiro atoms. The van der Waals surface area contributed by atoms with Crippen LogP contribution in [0.15, 0.2) is 35.2 Å². The van der Waals surface area contributed by atoms with Crippen molar-refractivity contribution in [2.75, 3.05) is 0 Å². The predicted molar refractivity (Wildman–Crippen MR) is 33.7 cm³/mol. The number of thiol groups is 1. The minimum absolute atomic E-state index is 0.340. The van der Waals surface area contributed by atoms with Gasteiger partial charge in [-0.1, -0.05) is 18.2 Å². The minimum atomic E-state index is 0.340. The predicted octanol–water partition coefficient (Wildman–Crippen LogP) is 1.98. The van der Waals surface area contributed by atoms with Crippen LogP contribution in [0.4, 0.5) is 0 Å². The first-order chi connectivity index (χ1) is 4.18. The van der Waals surface area contributed by atoms with E-state index in [2.05, 4.69) is 12.6 Å². The van der Waals surface area contributed by atoms with E-state index in [-0.39, 0.29) is 0 Å². The van der Waals surface area contributed by atoms with Gasteiger partial charge in [0, 0.05) is 4.90 Å². The number of rotatable bonds is 0. The second-order valence-electron chi connectivity index (χ2n) is 1.19. The monoisotopic (exact) mass is 112 g/mol. The van der Waals surface area contributed by atoms with Crippen LogP contribution < -0.4 is 0 Å². The van der Waals surface area contributed by atoms with E-state index in [4.69, 9.17) is 2.74 Å². The molecule has 0 fully saturated rings. The minimum Gasteiger partial charge on any atom is -0.143 e. The summed E-state index contributed by atoms with van der Waals surface area (Å²) in [6.07, 6.45) is 0. The van der Waals surface area contributed by atoms with Crippen molar-refractivity contribution >= 4 is 12.6 Å². The van der Waals surface area contributed by atoms with Gasteiger partial charge in [0.15, 0.2) is 0 Å². The number of benzene rings is 1. The Morgan fingerprint density at radius 1 is 1.43 bits per heavy atom. The van der Waals surface area contributed by atoms with Crippen molar-refractivity contribution in [3.8, 4) is 0 Å². The molecule has 0 saturated carbocycles. The van der Waals surface area contributed by atoms with E-state index in [0.717, 1.165) is 0 Å². The molecule has 0 heterocycles. The molecule has 0 bridgehead atoms. The van der Waals surface area contributed by atoms with E-state index >= 15 is 0 Å². The van der Waals surface area contributed by atoms with Crippen LogP contribution in [-0.4, -0.2) is 0 Å². The van der Waals surface area contributed by atoms with Gasteiger partial charge in [-0.25, -0.2) is 0 Å². The highest BCUT2D eigenvalue weighted by atomic mass is 32.1. The van der Waals surface area contributed by atoms with E-state index in [1.165, 1.54) is 6.07 Å². The van der Waals surface area contributed by atoms with Crippen LogP contribution >= 0.6 is 12.6 Å². The van der Waals surface area contributed by atoms with Gasteiger partial charge >= 0.3 is 0 Å². The third-order valence-electron chi connectivity index (χ3n) is 0.629. The highest BCUT2D eigenvalue weighted by Crippen LogP contribution is 2.00. The normalized spacial score (nSPS) is 12.7. The van der Waals surface area contributed by atoms with E-state index in [1.54, 1.807) is 12.1 Å². The maximum absolute atomic E-state index is 7.11. The van der Waals surface area contributed by atoms with Gasteiger partial charge in [-0.15, -0.1) is 12.6 Å². The Bertz CT molecular complexity index is 172. The van der Waals surface area contributed by atoms with Crippen molar-refractivity contribution < 1.29 is 2.74 Å². The molecule has 0 atom stereocenters. The van der Waals surface area contributed by atoms with Crippen molar-refractivity contribution in [3.63, 3.8) is 0 Å². The highest BCUT2D eigenvalue weighted by Gasteiger charge is 1.73. The molecule has 0 aliphatic heterocycles. The Morgan fingerprint density at radius 3 is 2.43 bits per heavy atom. The summed E-state index contributed by atoms with van der Waals surface area (Å²) in [7, 11) is 0. The standard InChI is InChI=1S/C6H6S/c7-6-4-2-1-3-5-6/h1-5,7H/i2D,3D. The molecule has 1 heteroatoms. The van der Waals surface area contributed by atoms with Gasteiger partial charge in [0.2, 0.25) is 0 Å². The molecule has 0 aromatic heterocycles. The van der Waals surface area contributed by atoms with E-state index in [0.29, 0.717) is 17.0 Å². The molecule has 0 aliphatic carbocycles. The van der Waals surface area contributed by atoms with Crippen LogP contribution in [0.25, 0.3) is 0 Å². The SMILES string of the molecule is [2H]c1cc([2H])cc(S)c1. The lowest BCUT2D eigenvalue weighted by Crippen LogP contribution is -1.56. The van der Waals surface area contributed by atoms with E-state index in [9.17, 15) is 0 Å². The molecular weight excluding hydrogens is 104 g/mol. The van der Waals surface area contributed by atoms with Gasteiger partial charge in [-0.2, -0.15) is 0 Å². The second kappa shape index (κ2) is 2.03. The van der Waals surface area contributed by atoms with E-state index in [1.807, 2.05) is 0 Å². The third kappa shape index (κ3) is 1.24. The summed E-state index contributed by atoms with van der Waals surface area (Å²) in [5.41, 5.74) is 0. The Kier molecular flexibility index (Phi) is 0.805. The van der Waals surface area contributed by atoms with Crippen molar-refractivity contribution in [2.24, 2.45) is 0 Å². The fraction of sp³-hybridized carbons (Fsp3) is 0. The topological polar surface area (TPSA) is 0 Å². The molecule has 7 heavy (non-hydrogen) atoms. The van der Waals surface area contributed by atoms with Crippen LogP contribution in [0, 0.1) is 0 Å². The summed E-state index contributed by atoms with van der Waals surface area (Å²) >= 11 is 3.98. The van der Waals surface area contributed by atoms with Gasteiger partial charge in [0.05, 0.1) is 2.74 Å². The fourth-order valence-corrected chi connectivity index (χ4v) is 0.493. The molecule has 1 rings (SSSR count). The zero-order chi connectivity index (χ0) is 6.85. The van der Waals surface area contributed by atoms with Gasteiger partial charge in [-0.3, -0.25) is 0 Å². The largest absolute Gasteiger partial charge is 0.143 e. The van der Waals surface area contributed by atoms with Crippen LogP contribution in [-0.2, 0) is 0 Å². The van der Waals surface area contributed by atoms with Crippen molar-refractivity contribution in [3.05, 3.63) is 30.3 Å². The Morgan fingerprint density at radius 2 is 2.00 bits per heavy atom. The maximum Gasteiger partial charge on any atom is 0.0623 e. The molecule has 0 radical (unpaired) electrons. The molecule has 0 saturated heterocycles. The Hall–Kier alpha value is -0.430. The summed E-state index contributed by atoms with van der Waals surface area (Å²) in [5, 5.41) is 0. The van der Waals surface area contributed by atoms with Crippen molar-refractivity contribution in [2.45, 2.75) is 4.90 Å². The lowest BCUT2D eigenvalue weighted by atomic mass is 10.4. The molecule has 1 aromatic rings. The number of hydrogen-bond acceptors (Lipinski definition) is 1. The summed E-state index contributed by atoms with van der Waals surface area (Å²) in [6, 6.07) is 5.35. The average molecular weight is 112 g/mol. The molecular formula is C6H6S. The Balaban J connectivity index is 3.17. The number of hydrogen-bond donors (Lipinski definition) is 1. The van der Waals surface area contributed by atoms with Crippen molar-refractivity contribution in [1.29, 1.82) is 0 Å². The third-order valence-corrected chi connectivity index (χ3v) is 0.887. The van der Waals surface area contributed by atoms with Crippen LogP contribution in [0.3, 0.4) is 0 Å². The lowest BCUT2D eigenvalue weighted by Gasteiger charge is -1.81. The van der Waals surface area contributed by atoms with Gasteiger partial charge in [0.1, 0.15) is 0 Å². The Labute approximate surface area is 51.4 Å². The van der Waals surface area contributed by atoms with Gasteiger partial charge in [0.25, 0.3) is 0 Å². The molecule has 0 nitrogen and oxygen atoms in total. The fourth-order valence-electron chi connectivity index (χ4n) is 0.344. The van der Waals surface area contributed by atoms with E-state index < -0.39 is 0 Å². The summed E-state index contributed by atoms with van der Waals surface area (Å²) in [5.74, 6) is 0. The first kappa shape index (κ1) is 2.78. The smallest absolute Gasteiger partial charge is 0.0623 e. The van der Waals surface area contributed by atoms with Crippen LogP contribution in [0.5, 0.6) is 0 Å². The summed E-state index contributed by atoms with van der Waals surface area (Å²) in [6.45, 7) is 0. The summed E-state index contributed by atoms with van der Waals surface area (Å²) < 4.78 is 14.2. The van der Waals surface area contributed by atoms with Gasteiger partial charge < -0.3 is 0 Å². The second-order valence-corrected chi connectivity index (χ2v) is 1.71. The molecule has 1 aromatic carbocycles. The van der Waals surface area contributed by atoms with Gasteiger partial charge in [-0.05, 0) is 12.1 Å². The zero-order valence-electron chi connectivity index (χ0n) is 5.68. The maximum atomic E-state index is 7.11. The van der Waals surface area contributed by atoms with Crippen LogP contribution in [0.1, 0.15) is 2.74 Å². The molecule has 36 valence electrons. The molecule has 0 aliphatic rings.